The van der Waals surface area contributed by atoms with Crippen LogP contribution in [0.15, 0.2) is 24.3 Å². The number of ether oxygens (including phenoxy) is 1. The van der Waals surface area contributed by atoms with E-state index in [0.717, 1.165) is 31.5 Å². The van der Waals surface area contributed by atoms with Gasteiger partial charge in [-0.15, -0.1) is 0 Å². The number of nitrogens with zero attached hydrogens (tertiary/aromatic N) is 1. The Kier molecular flexibility index (Phi) is 3.09. The zero-order chi connectivity index (χ0) is 12.6. The first kappa shape index (κ1) is 12.1. The van der Waals surface area contributed by atoms with Gasteiger partial charge in [0.1, 0.15) is 11.5 Å². The van der Waals surface area contributed by atoms with Crippen LogP contribution in [-0.2, 0) is 4.74 Å². The van der Waals surface area contributed by atoms with Crippen molar-refractivity contribution in [1.29, 1.82) is 0 Å². The van der Waals surface area contributed by atoms with E-state index in [9.17, 15) is 4.39 Å². The van der Waals surface area contributed by atoms with Gasteiger partial charge in [-0.2, -0.15) is 0 Å². The molecule has 2 heterocycles. The van der Waals surface area contributed by atoms with Crippen molar-refractivity contribution in [3.8, 4) is 0 Å². The van der Waals surface area contributed by atoms with Crippen molar-refractivity contribution in [1.82, 2.24) is 10.2 Å². The van der Waals surface area contributed by atoms with E-state index >= 15 is 0 Å². The first-order chi connectivity index (χ1) is 8.69. The number of nitrogens with one attached hydrogen (secondary N) is 1. The van der Waals surface area contributed by atoms with Gasteiger partial charge >= 0.3 is 0 Å². The molecule has 0 amide bonds. The highest BCUT2D eigenvalue weighted by atomic mass is 19.1. The maximum absolute atomic E-state index is 13.8. The van der Waals surface area contributed by atoms with Gasteiger partial charge in [0.15, 0.2) is 0 Å². The molecule has 1 spiro atoms. The minimum Gasteiger partial charge on any atom is -0.359 e. The van der Waals surface area contributed by atoms with Crippen LogP contribution >= 0.6 is 0 Å². The van der Waals surface area contributed by atoms with Crippen LogP contribution in [0, 0.1) is 5.82 Å². The lowest BCUT2D eigenvalue weighted by molar-refractivity contribution is -0.102. The van der Waals surface area contributed by atoms with Crippen LogP contribution in [0.3, 0.4) is 0 Å². The molecule has 4 heteroatoms. The van der Waals surface area contributed by atoms with E-state index in [1.165, 1.54) is 6.07 Å². The molecule has 98 valence electrons. The Balaban J connectivity index is 1.81. The molecule has 1 N–H and O–H groups in total. The molecule has 1 aromatic carbocycles. The van der Waals surface area contributed by atoms with Gasteiger partial charge in [-0.3, -0.25) is 5.32 Å². The van der Waals surface area contributed by atoms with Crippen LogP contribution in [0.4, 0.5) is 4.39 Å². The van der Waals surface area contributed by atoms with Crippen molar-refractivity contribution >= 4 is 0 Å². The van der Waals surface area contributed by atoms with Gasteiger partial charge in [0.25, 0.3) is 0 Å². The number of halogens is 1. The summed E-state index contributed by atoms with van der Waals surface area (Å²) in [6, 6.07) is 7.08. The Morgan fingerprint density at radius 1 is 1.44 bits per heavy atom. The van der Waals surface area contributed by atoms with E-state index < -0.39 is 0 Å². The molecule has 0 saturated carbocycles. The Morgan fingerprint density at radius 3 is 3.00 bits per heavy atom. The Morgan fingerprint density at radius 2 is 2.28 bits per heavy atom. The van der Waals surface area contributed by atoms with E-state index in [-0.39, 0.29) is 17.6 Å². The topological polar surface area (TPSA) is 24.5 Å². The van der Waals surface area contributed by atoms with Crippen LogP contribution in [0.1, 0.15) is 24.4 Å². The van der Waals surface area contributed by atoms with Crippen molar-refractivity contribution in [3.05, 3.63) is 35.6 Å². The molecule has 2 fully saturated rings. The first-order valence-corrected chi connectivity index (χ1v) is 6.53. The quantitative estimate of drug-likeness (QED) is 0.824. The third-order valence-corrected chi connectivity index (χ3v) is 3.93. The lowest BCUT2D eigenvalue weighted by Crippen LogP contribution is -2.54. The Hall–Kier alpha value is -0.970. The summed E-state index contributed by atoms with van der Waals surface area (Å²) in [5.74, 6) is -0.126. The van der Waals surface area contributed by atoms with Gasteiger partial charge in [0, 0.05) is 31.1 Å². The summed E-state index contributed by atoms with van der Waals surface area (Å²) >= 11 is 0. The molecule has 2 aliphatic heterocycles. The first-order valence-electron chi connectivity index (χ1n) is 6.53. The summed E-state index contributed by atoms with van der Waals surface area (Å²) in [6.45, 7) is 2.59. The standard InChI is InChI=1S/C14H19FN2O/c1-17-8-7-14(10-17)16-13(6-9-18-14)11-4-2-3-5-12(11)15/h2-5,13,16H,6-10H2,1H3. The monoisotopic (exact) mass is 250 g/mol. The number of hydrogen-bond donors (Lipinski definition) is 1. The molecule has 0 aliphatic carbocycles. The average molecular weight is 250 g/mol. The van der Waals surface area contributed by atoms with E-state index in [2.05, 4.69) is 17.3 Å². The van der Waals surface area contributed by atoms with E-state index in [1.54, 1.807) is 6.07 Å². The molecular weight excluding hydrogens is 231 g/mol. The van der Waals surface area contributed by atoms with Gasteiger partial charge in [-0.25, -0.2) is 4.39 Å². The molecule has 1 aromatic rings. The summed E-state index contributed by atoms with van der Waals surface area (Å²) in [5, 5.41) is 3.51. The fourth-order valence-corrected chi connectivity index (χ4v) is 3.00. The highest BCUT2D eigenvalue weighted by Gasteiger charge is 2.42. The molecule has 3 rings (SSSR count). The van der Waals surface area contributed by atoms with Crippen LogP contribution in [0.25, 0.3) is 0 Å². The second kappa shape index (κ2) is 4.61. The summed E-state index contributed by atoms with van der Waals surface area (Å²) in [7, 11) is 2.09. The smallest absolute Gasteiger partial charge is 0.133 e. The summed E-state index contributed by atoms with van der Waals surface area (Å²) in [6.07, 6.45) is 1.79. The largest absolute Gasteiger partial charge is 0.359 e. The predicted octanol–water partition coefficient (Wildman–Crippen LogP) is 1.91. The minimum absolute atomic E-state index is 0.0615. The lowest BCUT2D eigenvalue weighted by Gasteiger charge is -2.40. The third kappa shape index (κ3) is 2.16. The highest BCUT2D eigenvalue weighted by molar-refractivity contribution is 5.22. The van der Waals surface area contributed by atoms with E-state index in [0.29, 0.717) is 6.61 Å². The molecule has 18 heavy (non-hydrogen) atoms. The number of benzene rings is 1. The van der Waals surface area contributed by atoms with Crippen LogP contribution < -0.4 is 5.32 Å². The normalized spacial score (nSPS) is 33.1. The van der Waals surface area contributed by atoms with Crippen molar-refractivity contribution in [2.75, 3.05) is 26.7 Å². The molecule has 0 aromatic heterocycles. The van der Waals surface area contributed by atoms with E-state index in [1.807, 2.05) is 12.1 Å². The SMILES string of the molecule is CN1CCC2(C1)NC(c1ccccc1F)CCO2. The van der Waals surface area contributed by atoms with Gasteiger partial charge in [0.05, 0.1) is 6.61 Å². The van der Waals surface area contributed by atoms with Gasteiger partial charge < -0.3 is 9.64 Å². The van der Waals surface area contributed by atoms with Crippen LogP contribution in [0.5, 0.6) is 0 Å². The molecule has 2 saturated heterocycles. The number of hydrogen-bond acceptors (Lipinski definition) is 3. The molecule has 2 aliphatic rings. The summed E-state index contributed by atoms with van der Waals surface area (Å²) < 4.78 is 19.7. The van der Waals surface area contributed by atoms with Crippen molar-refractivity contribution in [3.63, 3.8) is 0 Å². The Labute approximate surface area is 107 Å². The lowest BCUT2D eigenvalue weighted by atomic mass is 9.99. The highest BCUT2D eigenvalue weighted by Crippen LogP contribution is 2.32. The molecular formula is C14H19FN2O. The second-order valence-corrected chi connectivity index (χ2v) is 5.34. The van der Waals surface area contributed by atoms with Crippen molar-refractivity contribution in [2.45, 2.75) is 24.6 Å². The van der Waals surface area contributed by atoms with Crippen molar-refractivity contribution < 1.29 is 9.13 Å². The maximum atomic E-state index is 13.8. The molecule has 0 radical (unpaired) electrons. The second-order valence-electron chi connectivity index (χ2n) is 5.34. The fourth-order valence-electron chi connectivity index (χ4n) is 3.00. The fraction of sp³-hybridized carbons (Fsp3) is 0.571. The number of likely N-dealkylation sites (tertiary alicyclic amines) is 1. The van der Waals surface area contributed by atoms with Gasteiger partial charge in [0.2, 0.25) is 0 Å². The molecule has 0 bridgehead atoms. The summed E-state index contributed by atoms with van der Waals surface area (Å²) in [4.78, 5) is 2.25. The number of likely N-dealkylation sites (N-methyl/N-ethyl adjacent to an activating group) is 1. The zero-order valence-electron chi connectivity index (χ0n) is 10.7. The zero-order valence-corrected chi connectivity index (χ0v) is 10.7. The molecule has 2 unspecified atom stereocenters. The van der Waals surface area contributed by atoms with Crippen LogP contribution in [0.2, 0.25) is 0 Å². The van der Waals surface area contributed by atoms with Gasteiger partial charge in [-0.05, 0) is 19.5 Å². The Bertz CT molecular complexity index is 436. The average Bonchev–Trinajstić information content (AvgIpc) is 2.71. The number of rotatable bonds is 1. The molecule has 2 atom stereocenters. The van der Waals surface area contributed by atoms with Crippen LogP contribution in [-0.4, -0.2) is 37.4 Å². The predicted molar refractivity (Wildman–Crippen MR) is 67.7 cm³/mol. The van der Waals surface area contributed by atoms with Crippen molar-refractivity contribution in [2.24, 2.45) is 0 Å². The molecule has 3 nitrogen and oxygen atoms in total. The van der Waals surface area contributed by atoms with E-state index in [4.69, 9.17) is 4.74 Å². The maximum Gasteiger partial charge on any atom is 0.133 e. The summed E-state index contributed by atoms with van der Waals surface area (Å²) in [5.41, 5.74) is 0.481. The third-order valence-electron chi connectivity index (χ3n) is 3.93. The van der Waals surface area contributed by atoms with Gasteiger partial charge in [-0.1, -0.05) is 18.2 Å². The minimum atomic E-state index is -0.278.